The molecule has 9 nitrogen and oxygen atoms in total. The number of carboxylic acids is 1. The highest BCUT2D eigenvalue weighted by atomic mass is 16.4. The Bertz CT molecular complexity index is 1310. The Morgan fingerprint density at radius 3 is 2.56 bits per heavy atom. The Morgan fingerprint density at radius 2 is 1.81 bits per heavy atom. The average molecular weight is 428 g/mol. The van der Waals surface area contributed by atoms with Crippen LogP contribution in [0.25, 0.3) is 10.9 Å². The van der Waals surface area contributed by atoms with E-state index in [-0.39, 0.29) is 23.2 Å². The molecule has 1 unspecified atom stereocenters. The van der Waals surface area contributed by atoms with Crippen molar-refractivity contribution in [2.45, 2.75) is 19.9 Å². The van der Waals surface area contributed by atoms with Gasteiger partial charge in [-0.05, 0) is 43.7 Å². The summed E-state index contributed by atoms with van der Waals surface area (Å²) in [6.07, 6.45) is 4.31. The van der Waals surface area contributed by atoms with Crippen molar-refractivity contribution in [2.24, 2.45) is 0 Å². The van der Waals surface area contributed by atoms with Crippen LogP contribution in [0.15, 0.2) is 61.2 Å². The minimum absolute atomic E-state index is 0.115. The molecule has 0 aliphatic heterocycles. The molecule has 0 radical (unpaired) electrons. The zero-order valence-electron chi connectivity index (χ0n) is 17.4. The summed E-state index contributed by atoms with van der Waals surface area (Å²) in [7, 11) is 0. The third kappa shape index (κ3) is 4.36. The lowest BCUT2D eigenvalue weighted by atomic mass is 10.1. The first-order valence-corrected chi connectivity index (χ1v) is 9.86. The molecule has 2 aromatic carbocycles. The number of aromatic carboxylic acids is 1. The molecular weight excluding hydrogens is 408 g/mol. The van der Waals surface area contributed by atoms with Crippen LogP contribution in [0, 0.1) is 6.92 Å². The second kappa shape index (κ2) is 8.76. The summed E-state index contributed by atoms with van der Waals surface area (Å²) < 4.78 is 0. The largest absolute Gasteiger partial charge is 0.478 e. The van der Waals surface area contributed by atoms with Crippen LogP contribution in [0.2, 0.25) is 0 Å². The van der Waals surface area contributed by atoms with Crippen molar-refractivity contribution in [1.29, 1.82) is 0 Å². The maximum atomic E-state index is 12.4. The summed E-state index contributed by atoms with van der Waals surface area (Å²) >= 11 is 0. The van der Waals surface area contributed by atoms with Crippen molar-refractivity contribution in [1.82, 2.24) is 19.9 Å². The van der Waals surface area contributed by atoms with Gasteiger partial charge in [0, 0.05) is 17.3 Å². The van der Waals surface area contributed by atoms with Gasteiger partial charge in [-0.15, -0.1) is 0 Å². The number of amides is 1. The lowest BCUT2D eigenvalue weighted by Crippen LogP contribution is -2.15. The number of anilines is 2. The predicted octanol–water partition coefficient (Wildman–Crippen LogP) is 3.85. The quantitative estimate of drug-likeness (QED) is 0.422. The minimum Gasteiger partial charge on any atom is -0.478 e. The van der Waals surface area contributed by atoms with E-state index in [9.17, 15) is 14.7 Å². The van der Waals surface area contributed by atoms with E-state index in [1.807, 2.05) is 25.1 Å². The number of hydrogen-bond acceptors (Lipinski definition) is 7. The Balaban J connectivity index is 1.55. The zero-order valence-corrected chi connectivity index (χ0v) is 17.4. The van der Waals surface area contributed by atoms with Crippen LogP contribution in [0.1, 0.15) is 45.1 Å². The van der Waals surface area contributed by atoms with E-state index in [0.717, 1.165) is 11.3 Å². The molecule has 32 heavy (non-hydrogen) atoms. The fourth-order valence-corrected chi connectivity index (χ4v) is 3.25. The third-order valence-electron chi connectivity index (χ3n) is 4.91. The van der Waals surface area contributed by atoms with Gasteiger partial charge in [0.1, 0.15) is 17.8 Å². The molecule has 0 saturated heterocycles. The highest BCUT2D eigenvalue weighted by Gasteiger charge is 2.15. The van der Waals surface area contributed by atoms with Gasteiger partial charge >= 0.3 is 5.97 Å². The Morgan fingerprint density at radius 1 is 1.00 bits per heavy atom. The van der Waals surface area contributed by atoms with E-state index in [4.69, 9.17) is 0 Å². The number of carboxylic acid groups (broad SMARTS) is 1. The predicted molar refractivity (Wildman–Crippen MR) is 120 cm³/mol. The Hall–Kier alpha value is -4.40. The van der Waals surface area contributed by atoms with E-state index in [1.165, 1.54) is 18.6 Å². The number of carbonyl (C=O) groups is 2. The summed E-state index contributed by atoms with van der Waals surface area (Å²) in [5.41, 5.74) is 2.96. The molecule has 3 N–H and O–H groups in total. The number of hydrogen-bond donors (Lipinski definition) is 3. The van der Waals surface area contributed by atoms with Crippen LogP contribution in [-0.2, 0) is 0 Å². The molecule has 0 aliphatic carbocycles. The number of aromatic nitrogens is 4. The number of rotatable bonds is 6. The van der Waals surface area contributed by atoms with Crippen molar-refractivity contribution in [3.8, 4) is 0 Å². The van der Waals surface area contributed by atoms with Crippen LogP contribution < -0.4 is 10.6 Å². The molecule has 0 fully saturated rings. The number of fused-ring (bicyclic) bond motifs is 1. The van der Waals surface area contributed by atoms with E-state index >= 15 is 0 Å². The maximum absolute atomic E-state index is 12.4. The van der Waals surface area contributed by atoms with Gasteiger partial charge in [-0.3, -0.25) is 9.78 Å². The Labute approximate surface area is 183 Å². The zero-order chi connectivity index (χ0) is 22.7. The molecule has 4 aromatic rings. The van der Waals surface area contributed by atoms with Gasteiger partial charge in [0.2, 0.25) is 0 Å². The van der Waals surface area contributed by atoms with Crippen molar-refractivity contribution in [2.75, 3.05) is 10.6 Å². The van der Waals surface area contributed by atoms with Crippen LogP contribution in [0.4, 0.5) is 11.5 Å². The molecule has 1 atom stereocenters. The first-order valence-electron chi connectivity index (χ1n) is 9.86. The second-order valence-electron chi connectivity index (χ2n) is 7.22. The fourth-order valence-electron chi connectivity index (χ4n) is 3.25. The molecule has 0 saturated carbocycles. The third-order valence-corrected chi connectivity index (χ3v) is 4.91. The van der Waals surface area contributed by atoms with Crippen molar-refractivity contribution in [3.05, 3.63) is 83.7 Å². The number of nitrogens with one attached hydrogen (secondary N) is 2. The molecule has 4 rings (SSSR count). The first kappa shape index (κ1) is 20.9. The van der Waals surface area contributed by atoms with Gasteiger partial charge in [0.25, 0.3) is 5.91 Å². The highest BCUT2D eigenvalue weighted by molar-refractivity contribution is 6.04. The summed E-state index contributed by atoms with van der Waals surface area (Å²) in [4.78, 5) is 40.5. The normalized spacial score (nSPS) is 11.7. The maximum Gasteiger partial charge on any atom is 0.337 e. The van der Waals surface area contributed by atoms with Gasteiger partial charge in [-0.1, -0.05) is 18.2 Å². The number of benzene rings is 2. The average Bonchev–Trinajstić information content (AvgIpc) is 2.79. The monoisotopic (exact) mass is 428 g/mol. The van der Waals surface area contributed by atoms with Crippen molar-refractivity contribution < 1.29 is 14.7 Å². The topological polar surface area (TPSA) is 130 Å². The molecule has 160 valence electrons. The number of para-hydroxylation sites is 1. The van der Waals surface area contributed by atoms with Crippen LogP contribution in [0.5, 0.6) is 0 Å². The molecule has 0 aliphatic rings. The van der Waals surface area contributed by atoms with Crippen LogP contribution in [0.3, 0.4) is 0 Å². The number of carbonyl (C=O) groups excluding carboxylic acids is 1. The lowest BCUT2D eigenvalue weighted by Gasteiger charge is -2.17. The summed E-state index contributed by atoms with van der Waals surface area (Å²) in [6.45, 7) is 3.75. The van der Waals surface area contributed by atoms with Gasteiger partial charge in [-0.25, -0.2) is 19.7 Å². The molecule has 1 amide bonds. The van der Waals surface area contributed by atoms with Gasteiger partial charge < -0.3 is 15.7 Å². The number of aryl methyl sites for hydroxylation is 1. The molecule has 0 bridgehead atoms. The Kier molecular flexibility index (Phi) is 5.71. The van der Waals surface area contributed by atoms with Crippen molar-refractivity contribution in [3.63, 3.8) is 0 Å². The lowest BCUT2D eigenvalue weighted by molar-refractivity contribution is 0.0698. The SMILES string of the molecule is Cc1cnc(C(=O)Nc2cccc(C(C)Nc3ncnc4c(C(=O)O)cccc34)c2)cn1. The second-order valence-corrected chi connectivity index (χ2v) is 7.22. The van der Waals surface area contributed by atoms with Gasteiger partial charge in [0.05, 0.1) is 29.0 Å². The van der Waals surface area contributed by atoms with Crippen LogP contribution in [-0.4, -0.2) is 36.9 Å². The van der Waals surface area contributed by atoms with E-state index in [2.05, 4.69) is 30.6 Å². The molecule has 2 heterocycles. The van der Waals surface area contributed by atoms with Gasteiger partial charge in [-0.2, -0.15) is 0 Å². The molecular formula is C23H20N6O3. The van der Waals surface area contributed by atoms with Gasteiger partial charge in [0.15, 0.2) is 0 Å². The molecule has 0 spiro atoms. The first-order chi connectivity index (χ1) is 15.4. The van der Waals surface area contributed by atoms with Crippen LogP contribution >= 0.6 is 0 Å². The highest BCUT2D eigenvalue weighted by Crippen LogP contribution is 2.27. The smallest absolute Gasteiger partial charge is 0.337 e. The standard InChI is InChI=1S/C23H20N6O3/c1-13-10-25-19(11-24-13)22(30)29-16-6-3-5-15(9-16)14(2)28-21-17-7-4-8-18(23(31)32)20(17)26-12-27-21/h3-12,14H,1-2H3,(H,29,30)(H,31,32)(H,26,27,28). The summed E-state index contributed by atoms with van der Waals surface area (Å²) in [6, 6.07) is 12.2. The van der Waals surface area contributed by atoms with E-state index in [1.54, 1.807) is 31.3 Å². The fraction of sp³-hybridized carbons (Fsp3) is 0.130. The number of nitrogens with zero attached hydrogens (tertiary/aromatic N) is 4. The van der Waals surface area contributed by atoms with E-state index < -0.39 is 5.97 Å². The summed E-state index contributed by atoms with van der Waals surface area (Å²) in [5, 5.41) is 16.2. The summed E-state index contributed by atoms with van der Waals surface area (Å²) in [5.74, 6) is -0.872. The van der Waals surface area contributed by atoms with E-state index in [0.29, 0.717) is 22.4 Å². The molecule has 9 heteroatoms. The minimum atomic E-state index is -1.05. The van der Waals surface area contributed by atoms with Crippen molar-refractivity contribution >= 4 is 34.3 Å². The molecule has 2 aromatic heterocycles.